The van der Waals surface area contributed by atoms with Crippen LogP contribution in [0.1, 0.15) is 22.3 Å². The van der Waals surface area contributed by atoms with Gasteiger partial charge in [-0.05, 0) is 107 Å². The molecule has 2 aliphatic carbocycles. The summed E-state index contributed by atoms with van der Waals surface area (Å²) in [6.45, 7) is 0. The van der Waals surface area contributed by atoms with Crippen molar-refractivity contribution in [3.63, 3.8) is 0 Å². The first kappa shape index (κ1) is 28.0. The van der Waals surface area contributed by atoms with Crippen molar-refractivity contribution in [3.8, 4) is 44.5 Å². The lowest BCUT2D eigenvalue weighted by atomic mass is 9.69. The van der Waals surface area contributed by atoms with Crippen LogP contribution in [0.4, 0.5) is 0 Å². The third-order valence-electron chi connectivity index (χ3n) is 11.9. The Morgan fingerprint density at radius 3 is 1.85 bits per heavy atom. The Morgan fingerprint density at radius 1 is 0.365 bits per heavy atom. The third-order valence-corrected chi connectivity index (χ3v) is 11.9. The third kappa shape index (κ3) is 3.48. The van der Waals surface area contributed by atoms with Crippen LogP contribution in [0, 0.1) is 0 Å². The van der Waals surface area contributed by atoms with Crippen molar-refractivity contribution in [1.82, 2.24) is 0 Å². The Labute approximate surface area is 301 Å². The number of furan rings is 1. The van der Waals surface area contributed by atoms with E-state index >= 15 is 0 Å². The molecule has 0 saturated heterocycles. The predicted octanol–water partition coefficient (Wildman–Crippen LogP) is 13.6. The second-order valence-electron chi connectivity index (χ2n) is 14.3. The molecule has 0 aliphatic heterocycles. The zero-order valence-electron chi connectivity index (χ0n) is 28.2. The van der Waals surface area contributed by atoms with Gasteiger partial charge in [-0.25, -0.2) is 0 Å². The average molecular weight is 659 g/mol. The summed E-state index contributed by atoms with van der Waals surface area (Å²) in [5, 5.41) is 7.21. The summed E-state index contributed by atoms with van der Waals surface area (Å²) in [7, 11) is 0. The number of fused-ring (bicyclic) bond motifs is 17. The highest BCUT2D eigenvalue weighted by molar-refractivity contribution is 6.19. The van der Waals surface area contributed by atoms with Gasteiger partial charge in [-0.2, -0.15) is 0 Å². The van der Waals surface area contributed by atoms with E-state index in [4.69, 9.17) is 4.42 Å². The van der Waals surface area contributed by atoms with Crippen molar-refractivity contribution in [1.29, 1.82) is 0 Å². The van der Waals surface area contributed by atoms with Crippen LogP contribution in [0.3, 0.4) is 0 Å². The molecular formula is C51H30O. The van der Waals surface area contributed by atoms with Gasteiger partial charge < -0.3 is 4.42 Å². The molecule has 10 aromatic rings. The molecule has 9 aromatic carbocycles. The van der Waals surface area contributed by atoms with E-state index in [0.29, 0.717) is 0 Å². The van der Waals surface area contributed by atoms with Crippen molar-refractivity contribution >= 4 is 43.5 Å². The van der Waals surface area contributed by atoms with Crippen LogP contribution >= 0.6 is 0 Å². The van der Waals surface area contributed by atoms with E-state index in [1.807, 2.05) is 0 Å². The number of hydrogen-bond donors (Lipinski definition) is 0. The molecule has 1 aromatic heterocycles. The van der Waals surface area contributed by atoms with Gasteiger partial charge in [-0.1, -0.05) is 158 Å². The largest absolute Gasteiger partial charge is 0.455 e. The molecule has 1 spiro atoms. The highest BCUT2D eigenvalue weighted by Gasteiger charge is 2.53. The molecule has 0 N–H and O–H groups in total. The molecule has 0 saturated carbocycles. The van der Waals surface area contributed by atoms with Gasteiger partial charge in [-0.15, -0.1) is 0 Å². The molecule has 0 bridgehead atoms. The molecule has 2 aliphatic rings. The van der Waals surface area contributed by atoms with E-state index in [1.165, 1.54) is 82.9 Å². The second kappa shape index (κ2) is 10.2. The molecule has 52 heavy (non-hydrogen) atoms. The van der Waals surface area contributed by atoms with E-state index < -0.39 is 5.41 Å². The van der Waals surface area contributed by atoms with Crippen LogP contribution in [0.25, 0.3) is 88.0 Å². The van der Waals surface area contributed by atoms with E-state index in [1.54, 1.807) is 0 Å². The van der Waals surface area contributed by atoms with Crippen LogP contribution in [0.15, 0.2) is 186 Å². The summed E-state index contributed by atoms with van der Waals surface area (Å²) in [6, 6.07) is 67.3. The minimum absolute atomic E-state index is 0.499. The first-order chi connectivity index (χ1) is 25.8. The molecule has 1 heterocycles. The van der Waals surface area contributed by atoms with Gasteiger partial charge in [0.2, 0.25) is 0 Å². The fourth-order valence-corrected chi connectivity index (χ4v) is 9.83. The topological polar surface area (TPSA) is 13.1 Å². The molecule has 12 rings (SSSR count). The van der Waals surface area contributed by atoms with Gasteiger partial charge in [0.1, 0.15) is 11.2 Å². The lowest BCUT2D eigenvalue weighted by Crippen LogP contribution is -2.26. The normalized spacial score (nSPS) is 13.5. The fourth-order valence-electron chi connectivity index (χ4n) is 9.83. The Balaban J connectivity index is 1.24. The van der Waals surface area contributed by atoms with Gasteiger partial charge in [0.15, 0.2) is 0 Å². The summed E-state index contributed by atoms with van der Waals surface area (Å²) in [4.78, 5) is 0. The summed E-state index contributed by atoms with van der Waals surface area (Å²) in [5.74, 6) is 0. The highest BCUT2D eigenvalue weighted by atomic mass is 16.3. The SMILES string of the molecule is c1ccc(-c2cc3ccccc3c3c2-c2ccc(-c4cccc5oc6c7ccccc7ccc6c45)cc2C32c3ccccc3-c3ccccc32)cc1. The van der Waals surface area contributed by atoms with Crippen LogP contribution in [0.5, 0.6) is 0 Å². The molecule has 0 atom stereocenters. The molecule has 0 amide bonds. The van der Waals surface area contributed by atoms with Gasteiger partial charge in [0.05, 0.1) is 5.41 Å². The smallest absolute Gasteiger partial charge is 0.143 e. The van der Waals surface area contributed by atoms with Gasteiger partial charge in [0.25, 0.3) is 0 Å². The monoisotopic (exact) mass is 658 g/mol. The quantitative estimate of drug-likeness (QED) is 0.180. The van der Waals surface area contributed by atoms with E-state index in [2.05, 4.69) is 182 Å². The first-order valence-electron chi connectivity index (χ1n) is 18.1. The maximum Gasteiger partial charge on any atom is 0.143 e. The Kier molecular flexibility index (Phi) is 5.49. The summed E-state index contributed by atoms with van der Waals surface area (Å²) in [6.07, 6.45) is 0. The molecule has 240 valence electrons. The molecule has 0 fully saturated rings. The second-order valence-corrected chi connectivity index (χ2v) is 14.3. The zero-order chi connectivity index (χ0) is 34.0. The minimum Gasteiger partial charge on any atom is -0.455 e. The van der Waals surface area contributed by atoms with Crippen molar-refractivity contribution in [2.75, 3.05) is 0 Å². The Hall–Kier alpha value is -6.70. The van der Waals surface area contributed by atoms with Crippen molar-refractivity contribution in [3.05, 3.63) is 204 Å². The van der Waals surface area contributed by atoms with Gasteiger partial charge in [-0.3, -0.25) is 0 Å². The van der Waals surface area contributed by atoms with Gasteiger partial charge >= 0.3 is 0 Å². The maximum atomic E-state index is 6.67. The molecule has 0 radical (unpaired) electrons. The summed E-state index contributed by atoms with van der Waals surface area (Å²) >= 11 is 0. The maximum absolute atomic E-state index is 6.67. The minimum atomic E-state index is -0.499. The zero-order valence-corrected chi connectivity index (χ0v) is 28.2. The standard InChI is InChI=1S/C51H30O/c1-2-13-31(14-3-1)42-29-33-16-5-6-17-36(33)49-48(42)40-27-26-34(30-45(40)51(49)43-22-10-8-19-38(43)39-20-9-11-23-44(39)51)35-21-12-24-46-47(35)41-28-25-32-15-4-7-18-37(32)50(41)52-46/h1-30H. The van der Waals surface area contributed by atoms with Gasteiger partial charge in [0, 0.05) is 16.2 Å². The summed E-state index contributed by atoms with van der Waals surface area (Å²) < 4.78 is 6.67. The Bertz CT molecular complexity index is 3080. The molecule has 0 unspecified atom stereocenters. The van der Waals surface area contributed by atoms with E-state index in [0.717, 1.165) is 27.3 Å². The molecule has 1 nitrogen and oxygen atoms in total. The van der Waals surface area contributed by atoms with Crippen LogP contribution in [-0.4, -0.2) is 0 Å². The van der Waals surface area contributed by atoms with Crippen LogP contribution < -0.4 is 0 Å². The van der Waals surface area contributed by atoms with Crippen molar-refractivity contribution in [2.45, 2.75) is 5.41 Å². The molecule has 1 heteroatoms. The van der Waals surface area contributed by atoms with Crippen molar-refractivity contribution < 1.29 is 4.42 Å². The number of rotatable bonds is 2. The van der Waals surface area contributed by atoms with E-state index in [9.17, 15) is 0 Å². The Morgan fingerprint density at radius 2 is 1.04 bits per heavy atom. The lowest BCUT2D eigenvalue weighted by Gasteiger charge is -2.32. The van der Waals surface area contributed by atoms with Crippen molar-refractivity contribution in [2.24, 2.45) is 0 Å². The predicted molar refractivity (Wildman–Crippen MR) is 216 cm³/mol. The van der Waals surface area contributed by atoms with Crippen LogP contribution in [0.2, 0.25) is 0 Å². The first-order valence-corrected chi connectivity index (χ1v) is 18.1. The van der Waals surface area contributed by atoms with E-state index in [-0.39, 0.29) is 0 Å². The lowest BCUT2D eigenvalue weighted by molar-refractivity contribution is 0.673. The fraction of sp³-hybridized carbons (Fsp3) is 0.0196. The number of hydrogen-bond acceptors (Lipinski definition) is 1. The summed E-state index contributed by atoms with van der Waals surface area (Å²) in [5.41, 5.74) is 16.9. The highest BCUT2D eigenvalue weighted by Crippen LogP contribution is 2.66. The average Bonchev–Trinajstić information content (AvgIpc) is 3.85. The number of benzene rings is 9. The molecular weight excluding hydrogens is 629 g/mol. The van der Waals surface area contributed by atoms with Crippen LogP contribution in [-0.2, 0) is 5.41 Å².